The molecule has 0 fully saturated rings. The molecule has 23 heavy (non-hydrogen) atoms. The predicted octanol–water partition coefficient (Wildman–Crippen LogP) is 6.24. The van der Waals surface area contributed by atoms with E-state index in [1.165, 1.54) is 22.3 Å². The van der Waals surface area contributed by atoms with Crippen LogP contribution in [-0.2, 0) is 0 Å². The molecule has 1 nitrogen and oxygen atoms in total. The summed E-state index contributed by atoms with van der Waals surface area (Å²) in [6.07, 6.45) is 6.37. The van der Waals surface area contributed by atoms with Gasteiger partial charge in [0.1, 0.15) is 5.01 Å². The molecule has 2 aromatic carbocycles. The molecule has 1 heterocycles. The van der Waals surface area contributed by atoms with E-state index >= 15 is 0 Å². The van der Waals surface area contributed by atoms with Gasteiger partial charge in [-0.1, -0.05) is 77.9 Å². The summed E-state index contributed by atoms with van der Waals surface area (Å²) in [5.74, 6) is 0. The zero-order chi connectivity index (χ0) is 16.1. The van der Waals surface area contributed by atoms with Gasteiger partial charge in [0, 0.05) is 10.9 Å². The Morgan fingerprint density at radius 3 is 2.48 bits per heavy atom. The number of hydrogen-bond donors (Lipinski definition) is 0. The Kier molecular flexibility index (Phi) is 4.84. The van der Waals surface area contributed by atoms with Crippen LogP contribution in [0.3, 0.4) is 0 Å². The van der Waals surface area contributed by atoms with E-state index in [4.69, 9.17) is 4.98 Å². The summed E-state index contributed by atoms with van der Waals surface area (Å²) in [7, 11) is 0. The lowest BCUT2D eigenvalue weighted by atomic mass is 10.1. The van der Waals surface area contributed by atoms with Gasteiger partial charge in [-0.2, -0.15) is 0 Å². The Hall–Kier alpha value is -2.45. The van der Waals surface area contributed by atoms with E-state index in [1.54, 1.807) is 11.3 Å². The van der Waals surface area contributed by atoms with Crippen molar-refractivity contribution in [3.63, 3.8) is 0 Å². The lowest BCUT2D eigenvalue weighted by Gasteiger charge is -1.96. The van der Waals surface area contributed by atoms with Crippen molar-refractivity contribution in [1.29, 1.82) is 0 Å². The van der Waals surface area contributed by atoms with Gasteiger partial charge in [-0.25, -0.2) is 4.98 Å². The lowest BCUT2D eigenvalue weighted by molar-refractivity contribution is 1.37. The average molecular weight is 317 g/mol. The van der Waals surface area contributed by atoms with Gasteiger partial charge in [0.2, 0.25) is 0 Å². The fraction of sp³-hybridized carbons (Fsp3) is 0.0952. The van der Waals surface area contributed by atoms with Crippen molar-refractivity contribution in [3.8, 4) is 11.3 Å². The van der Waals surface area contributed by atoms with Crippen molar-refractivity contribution in [2.45, 2.75) is 13.8 Å². The van der Waals surface area contributed by atoms with Crippen LogP contribution in [0.5, 0.6) is 0 Å². The number of nitrogens with zero attached hydrogens (tertiary/aromatic N) is 1. The molecular formula is C21H19NS. The summed E-state index contributed by atoms with van der Waals surface area (Å²) in [5.41, 5.74) is 5.91. The highest BCUT2D eigenvalue weighted by Crippen LogP contribution is 2.23. The van der Waals surface area contributed by atoms with Crippen LogP contribution < -0.4 is 0 Å². The molecule has 0 aliphatic rings. The summed E-state index contributed by atoms with van der Waals surface area (Å²) < 4.78 is 0. The zero-order valence-corrected chi connectivity index (χ0v) is 14.2. The Balaban J connectivity index is 1.73. The lowest BCUT2D eigenvalue weighted by Crippen LogP contribution is -1.79. The van der Waals surface area contributed by atoms with Gasteiger partial charge in [0.05, 0.1) is 5.69 Å². The van der Waals surface area contributed by atoms with Crippen LogP contribution in [-0.4, -0.2) is 4.98 Å². The minimum absolute atomic E-state index is 1.03. The third-order valence-corrected chi connectivity index (χ3v) is 4.36. The normalized spacial score (nSPS) is 12.0. The standard InChI is InChI=1S/C21H19NS/c1-16-8-11-19(12-9-16)20-15-23-21(22-20)13-10-17(2)14-18-6-4-3-5-7-18/h3-15H,1-2H3/b13-10+,17-14-. The average Bonchev–Trinajstić information content (AvgIpc) is 3.04. The molecule has 0 aliphatic carbocycles. The molecular weight excluding hydrogens is 298 g/mol. The number of aryl methyl sites for hydroxylation is 1. The first-order valence-corrected chi connectivity index (χ1v) is 8.53. The third kappa shape index (κ3) is 4.27. The van der Waals surface area contributed by atoms with Crippen LogP contribution in [0, 0.1) is 6.92 Å². The summed E-state index contributed by atoms with van der Waals surface area (Å²) in [6, 6.07) is 18.8. The minimum Gasteiger partial charge on any atom is -0.237 e. The van der Waals surface area contributed by atoms with Crippen molar-refractivity contribution in [3.05, 3.63) is 87.8 Å². The van der Waals surface area contributed by atoms with Gasteiger partial charge in [-0.3, -0.25) is 0 Å². The van der Waals surface area contributed by atoms with Gasteiger partial charge in [-0.05, 0) is 25.5 Å². The van der Waals surface area contributed by atoms with Crippen molar-refractivity contribution < 1.29 is 0 Å². The van der Waals surface area contributed by atoms with Gasteiger partial charge in [-0.15, -0.1) is 11.3 Å². The van der Waals surface area contributed by atoms with Crippen LogP contribution in [0.25, 0.3) is 23.4 Å². The maximum Gasteiger partial charge on any atom is 0.116 e. The molecule has 1 aromatic heterocycles. The summed E-state index contributed by atoms with van der Waals surface area (Å²) >= 11 is 1.67. The second-order valence-electron chi connectivity index (χ2n) is 5.57. The maximum atomic E-state index is 4.69. The molecule has 2 heteroatoms. The van der Waals surface area contributed by atoms with Crippen LogP contribution in [0.1, 0.15) is 23.1 Å². The molecule has 0 amide bonds. The highest BCUT2D eigenvalue weighted by atomic mass is 32.1. The molecule has 0 atom stereocenters. The minimum atomic E-state index is 1.03. The van der Waals surface area contributed by atoms with E-state index in [-0.39, 0.29) is 0 Å². The molecule has 3 aromatic rings. The first kappa shape index (κ1) is 15.4. The second kappa shape index (κ2) is 7.21. The summed E-state index contributed by atoms with van der Waals surface area (Å²) in [5, 5.41) is 3.14. The molecule has 0 spiro atoms. The number of hydrogen-bond acceptors (Lipinski definition) is 2. The largest absolute Gasteiger partial charge is 0.237 e. The molecule has 0 aliphatic heterocycles. The Bertz CT molecular complexity index is 824. The van der Waals surface area contributed by atoms with Gasteiger partial charge in [0.15, 0.2) is 0 Å². The molecule has 0 saturated carbocycles. The van der Waals surface area contributed by atoms with Crippen LogP contribution in [0.2, 0.25) is 0 Å². The van der Waals surface area contributed by atoms with E-state index in [9.17, 15) is 0 Å². The predicted molar refractivity (Wildman–Crippen MR) is 101 cm³/mol. The Morgan fingerprint density at radius 2 is 1.74 bits per heavy atom. The van der Waals surface area contributed by atoms with Gasteiger partial charge >= 0.3 is 0 Å². The van der Waals surface area contributed by atoms with Crippen LogP contribution >= 0.6 is 11.3 Å². The first-order chi connectivity index (χ1) is 11.2. The van der Waals surface area contributed by atoms with Gasteiger partial charge < -0.3 is 0 Å². The third-order valence-electron chi connectivity index (χ3n) is 3.55. The maximum absolute atomic E-state index is 4.69. The molecule has 0 saturated heterocycles. The van der Waals surface area contributed by atoms with Crippen LogP contribution in [0.15, 0.2) is 71.6 Å². The summed E-state index contributed by atoms with van der Waals surface area (Å²) in [6.45, 7) is 4.21. The number of allylic oxidation sites excluding steroid dienone is 2. The topological polar surface area (TPSA) is 12.9 Å². The number of rotatable bonds is 4. The SMILES string of the molecule is CC(=C/c1ccccc1)/C=C/c1nc(-c2ccc(C)cc2)cs1. The van der Waals surface area contributed by atoms with E-state index in [0.29, 0.717) is 0 Å². The molecule has 0 N–H and O–H groups in total. The Morgan fingerprint density at radius 1 is 1.00 bits per heavy atom. The van der Waals surface area contributed by atoms with E-state index in [2.05, 4.69) is 86.0 Å². The van der Waals surface area contributed by atoms with E-state index in [1.807, 2.05) is 6.07 Å². The number of thiazole rings is 1. The molecule has 3 rings (SSSR count). The molecule has 0 bridgehead atoms. The van der Waals surface area contributed by atoms with Crippen molar-refractivity contribution in [2.24, 2.45) is 0 Å². The van der Waals surface area contributed by atoms with Gasteiger partial charge in [0.25, 0.3) is 0 Å². The van der Waals surface area contributed by atoms with E-state index < -0.39 is 0 Å². The fourth-order valence-electron chi connectivity index (χ4n) is 2.28. The molecule has 0 radical (unpaired) electrons. The van der Waals surface area contributed by atoms with Crippen LogP contribution in [0.4, 0.5) is 0 Å². The van der Waals surface area contributed by atoms with Crippen molar-refractivity contribution in [2.75, 3.05) is 0 Å². The molecule has 0 unspecified atom stereocenters. The van der Waals surface area contributed by atoms with Crippen molar-refractivity contribution >= 4 is 23.5 Å². The highest BCUT2D eigenvalue weighted by Gasteiger charge is 2.02. The second-order valence-corrected chi connectivity index (χ2v) is 6.46. The number of benzene rings is 2. The quantitative estimate of drug-likeness (QED) is 0.519. The fourth-order valence-corrected chi connectivity index (χ4v) is 3.00. The summed E-state index contributed by atoms with van der Waals surface area (Å²) in [4.78, 5) is 4.69. The molecule has 114 valence electrons. The smallest absolute Gasteiger partial charge is 0.116 e. The Labute approximate surface area is 141 Å². The van der Waals surface area contributed by atoms with E-state index in [0.717, 1.165) is 10.7 Å². The first-order valence-electron chi connectivity index (χ1n) is 7.65. The highest BCUT2D eigenvalue weighted by molar-refractivity contribution is 7.10. The van der Waals surface area contributed by atoms with Crippen molar-refractivity contribution in [1.82, 2.24) is 4.98 Å². The number of aromatic nitrogens is 1. The monoisotopic (exact) mass is 317 g/mol. The zero-order valence-electron chi connectivity index (χ0n) is 13.4.